The minimum absolute atomic E-state index is 0.0126. The van der Waals surface area contributed by atoms with Gasteiger partial charge < -0.3 is 19.8 Å². The molecule has 1 saturated heterocycles. The van der Waals surface area contributed by atoms with E-state index in [9.17, 15) is 23.4 Å². The Morgan fingerprint density at radius 2 is 2.03 bits per heavy atom. The summed E-state index contributed by atoms with van der Waals surface area (Å²) in [6.07, 6.45) is 0.520. The number of anilines is 1. The first kappa shape index (κ1) is 26.9. The molecular formula is C25H24F3N7O3S. The Kier molecular flexibility index (Phi) is 7.70. The number of hydrogen-bond donors (Lipinski definition) is 2. The van der Waals surface area contributed by atoms with Crippen molar-refractivity contribution < 1.29 is 28.1 Å². The van der Waals surface area contributed by atoms with Gasteiger partial charge in [0.15, 0.2) is 17.5 Å². The van der Waals surface area contributed by atoms with Crippen LogP contribution in [-0.4, -0.2) is 74.7 Å². The standard InChI is InChI=1S/C25H24F3N7O3S/c1-13-31-19-7-15(3-4-23(19)39-13)34(12-30-29-2)9-16-8-21(25(37)22(11-36)38-16)35-10-20(32-33-35)14-5-17(26)24(28)18(27)6-14/h3-7,10,12,16,21-22,25,36-37H,2,8-9,11H2,1H3/b30-12-. The molecule has 2 N–H and O–H groups in total. The number of hydrogen-bond acceptors (Lipinski definition) is 9. The fraction of sp³-hybridized carbons (Fsp3) is 0.320. The predicted molar refractivity (Wildman–Crippen MR) is 140 cm³/mol. The number of thiazole rings is 1. The zero-order valence-corrected chi connectivity index (χ0v) is 21.5. The van der Waals surface area contributed by atoms with Gasteiger partial charge in [0, 0.05) is 24.4 Å². The van der Waals surface area contributed by atoms with E-state index in [4.69, 9.17) is 4.74 Å². The van der Waals surface area contributed by atoms with Crippen molar-refractivity contribution in [2.45, 2.75) is 37.7 Å². The van der Waals surface area contributed by atoms with Crippen molar-refractivity contribution in [3.05, 3.63) is 59.0 Å². The summed E-state index contributed by atoms with van der Waals surface area (Å²) >= 11 is 1.58. The van der Waals surface area contributed by atoms with E-state index in [0.717, 1.165) is 33.0 Å². The highest BCUT2D eigenvalue weighted by Gasteiger charge is 2.39. The highest BCUT2D eigenvalue weighted by atomic mass is 32.1. The first-order valence-corrected chi connectivity index (χ1v) is 12.7. The lowest BCUT2D eigenvalue weighted by Gasteiger charge is -2.40. The number of aryl methyl sites for hydroxylation is 1. The molecule has 1 aliphatic heterocycles. The van der Waals surface area contributed by atoms with E-state index in [2.05, 4.69) is 32.2 Å². The van der Waals surface area contributed by atoms with Gasteiger partial charge in [-0.15, -0.1) is 21.5 Å². The summed E-state index contributed by atoms with van der Waals surface area (Å²) < 4.78 is 49.3. The topological polar surface area (TPSA) is 121 Å². The number of fused-ring (bicyclic) bond motifs is 1. The fourth-order valence-corrected chi connectivity index (χ4v) is 5.40. The van der Waals surface area contributed by atoms with Crippen molar-refractivity contribution in [2.24, 2.45) is 10.2 Å². The van der Waals surface area contributed by atoms with E-state index < -0.39 is 48.4 Å². The van der Waals surface area contributed by atoms with Gasteiger partial charge in [0.2, 0.25) is 0 Å². The second-order valence-electron chi connectivity index (χ2n) is 9.02. The molecule has 3 heterocycles. The molecule has 0 radical (unpaired) electrons. The zero-order valence-electron chi connectivity index (χ0n) is 20.7. The third-order valence-corrected chi connectivity index (χ3v) is 7.39. The van der Waals surface area contributed by atoms with Crippen LogP contribution in [0.25, 0.3) is 21.5 Å². The molecule has 4 aromatic rings. The molecule has 5 rings (SSSR count). The number of aliphatic hydroxyl groups excluding tert-OH is 2. The molecule has 0 amide bonds. The summed E-state index contributed by atoms with van der Waals surface area (Å²) in [6.45, 7) is 5.12. The third-order valence-electron chi connectivity index (χ3n) is 6.44. The Morgan fingerprint density at radius 3 is 2.74 bits per heavy atom. The molecule has 0 aliphatic carbocycles. The number of aromatic nitrogens is 4. The van der Waals surface area contributed by atoms with Crippen LogP contribution in [0.4, 0.5) is 18.9 Å². The molecule has 2 aromatic carbocycles. The molecule has 0 saturated carbocycles. The zero-order chi connectivity index (χ0) is 27.7. The number of ether oxygens (including phenoxy) is 1. The molecule has 2 aromatic heterocycles. The van der Waals surface area contributed by atoms with Gasteiger partial charge in [-0.1, -0.05) is 5.21 Å². The molecular weight excluding hydrogens is 535 g/mol. The maximum Gasteiger partial charge on any atom is 0.194 e. The first-order chi connectivity index (χ1) is 18.8. The summed E-state index contributed by atoms with van der Waals surface area (Å²) in [5.41, 5.74) is 1.67. The third kappa shape index (κ3) is 5.54. The molecule has 1 fully saturated rings. The van der Waals surface area contributed by atoms with Crippen molar-refractivity contribution in [3.63, 3.8) is 0 Å². The summed E-state index contributed by atoms with van der Waals surface area (Å²) in [6, 6.07) is 6.73. The van der Waals surface area contributed by atoms with Crippen LogP contribution < -0.4 is 4.90 Å². The lowest BCUT2D eigenvalue weighted by Crippen LogP contribution is -2.50. The molecule has 14 heteroatoms. The number of aliphatic hydroxyl groups is 2. The van der Waals surface area contributed by atoms with E-state index >= 15 is 0 Å². The number of halogens is 3. The summed E-state index contributed by atoms with van der Waals surface area (Å²) in [7, 11) is 0. The maximum atomic E-state index is 13.8. The average Bonchev–Trinajstić information content (AvgIpc) is 3.56. The largest absolute Gasteiger partial charge is 0.394 e. The van der Waals surface area contributed by atoms with Gasteiger partial charge in [-0.2, -0.15) is 5.10 Å². The lowest BCUT2D eigenvalue weighted by molar-refractivity contribution is -0.152. The minimum Gasteiger partial charge on any atom is -0.394 e. The van der Waals surface area contributed by atoms with Gasteiger partial charge in [0.05, 0.1) is 46.7 Å². The minimum atomic E-state index is -1.58. The Balaban J connectivity index is 1.41. The second kappa shape index (κ2) is 11.2. The van der Waals surface area contributed by atoms with Crippen LogP contribution in [0.2, 0.25) is 0 Å². The smallest absolute Gasteiger partial charge is 0.194 e. The highest BCUT2D eigenvalue weighted by molar-refractivity contribution is 7.18. The predicted octanol–water partition coefficient (Wildman–Crippen LogP) is 3.48. The van der Waals surface area contributed by atoms with Crippen LogP contribution in [0, 0.1) is 24.4 Å². The molecule has 39 heavy (non-hydrogen) atoms. The quantitative estimate of drug-likeness (QED) is 0.147. The lowest BCUT2D eigenvalue weighted by atomic mass is 9.95. The van der Waals surface area contributed by atoms with Gasteiger partial charge in [-0.25, -0.2) is 22.8 Å². The number of rotatable bonds is 8. The number of nitrogens with zero attached hydrogens (tertiary/aromatic N) is 7. The van der Waals surface area contributed by atoms with Crippen LogP contribution in [0.3, 0.4) is 0 Å². The van der Waals surface area contributed by atoms with Crippen LogP contribution in [0.15, 0.2) is 46.7 Å². The molecule has 10 nitrogen and oxygen atoms in total. The van der Waals surface area contributed by atoms with Crippen LogP contribution in [0.5, 0.6) is 0 Å². The fourth-order valence-electron chi connectivity index (χ4n) is 4.59. The average molecular weight is 560 g/mol. The molecule has 0 bridgehead atoms. The Labute approximate surface area is 224 Å². The molecule has 4 atom stereocenters. The van der Waals surface area contributed by atoms with Gasteiger partial charge in [-0.3, -0.25) is 0 Å². The SMILES string of the molecule is C=N/N=C\N(CC1CC(n2cc(-c3cc(F)c(F)c(F)c3)nn2)C(O)C(CO)O1)c1ccc2sc(C)nc2c1. The highest BCUT2D eigenvalue weighted by Crippen LogP contribution is 2.32. The van der Waals surface area contributed by atoms with Crippen LogP contribution in [0.1, 0.15) is 17.5 Å². The van der Waals surface area contributed by atoms with E-state index in [1.54, 1.807) is 16.2 Å². The normalized spacial score (nSPS) is 21.6. The molecule has 204 valence electrons. The van der Waals surface area contributed by atoms with Crippen molar-refractivity contribution in [3.8, 4) is 11.3 Å². The van der Waals surface area contributed by atoms with E-state index in [0.29, 0.717) is 0 Å². The van der Waals surface area contributed by atoms with E-state index in [-0.39, 0.29) is 24.2 Å². The summed E-state index contributed by atoms with van der Waals surface area (Å²) in [5, 5.41) is 37.2. The number of benzene rings is 2. The van der Waals surface area contributed by atoms with Crippen molar-refractivity contribution in [1.82, 2.24) is 20.0 Å². The molecule has 4 unspecified atom stereocenters. The Bertz CT molecular complexity index is 1500. The van der Waals surface area contributed by atoms with E-state index in [1.165, 1.54) is 17.2 Å². The van der Waals surface area contributed by atoms with Gasteiger partial charge >= 0.3 is 0 Å². The summed E-state index contributed by atoms with van der Waals surface area (Å²) in [4.78, 5) is 6.34. The Morgan fingerprint density at radius 1 is 1.26 bits per heavy atom. The molecule has 0 spiro atoms. The van der Waals surface area contributed by atoms with Crippen molar-refractivity contribution >= 4 is 40.3 Å². The Hall–Kier alpha value is -3.72. The first-order valence-electron chi connectivity index (χ1n) is 11.9. The van der Waals surface area contributed by atoms with Crippen LogP contribution in [-0.2, 0) is 4.74 Å². The van der Waals surface area contributed by atoms with Gasteiger partial charge in [0.1, 0.15) is 24.2 Å². The van der Waals surface area contributed by atoms with Crippen LogP contribution >= 0.6 is 11.3 Å². The summed E-state index contributed by atoms with van der Waals surface area (Å²) in [5.74, 6) is -4.29. The van der Waals surface area contributed by atoms with Gasteiger partial charge in [0.25, 0.3) is 0 Å². The van der Waals surface area contributed by atoms with E-state index in [1.807, 2.05) is 25.1 Å². The van der Waals surface area contributed by atoms with Crippen molar-refractivity contribution in [2.75, 3.05) is 18.1 Å². The monoisotopic (exact) mass is 559 g/mol. The maximum absolute atomic E-state index is 13.8. The van der Waals surface area contributed by atoms with Crippen molar-refractivity contribution in [1.29, 1.82) is 0 Å². The second-order valence-corrected chi connectivity index (χ2v) is 10.3. The molecule has 1 aliphatic rings. The van der Waals surface area contributed by atoms with Gasteiger partial charge in [-0.05, 0) is 37.3 Å².